The highest BCUT2D eigenvalue weighted by Gasteiger charge is 2.37. The molecular weight excluding hydrogens is 591 g/mol. The van der Waals surface area contributed by atoms with E-state index in [1.165, 1.54) is 13.3 Å². The predicted octanol–water partition coefficient (Wildman–Crippen LogP) is 1.84. The van der Waals surface area contributed by atoms with Crippen LogP contribution in [-0.2, 0) is 39.2 Å². The minimum Gasteiger partial charge on any atom is -0.462 e. The number of aliphatic hydroxyl groups excluding tert-OH is 1. The van der Waals surface area contributed by atoms with Gasteiger partial charge in [0.25, 0.3) is 5.56 Å². The number of carbonyl (C=O) groups is 2. The number of aromatic nitrogens is 4. The topological polar surface area (TPSA) is 210 Å². The molecule has 5 N–H and O–H groups in total. The zero-order chi connectivity index (χ0) is 31.2. The number of nitrogens with one attached hydrogen (secondary N) is 2. The molecule has 0 radical (unpaired) electrons. The summed E-state index contributed by atoms with van der Waals surface area (Å²) in [7, 11) is -4.05. The van der Waals surface area contributed by atoms with E-state index >= 15 is 0 Å². The molecule has 1 fully saturated rings. The molecular formula is C25H41N6O9PS. The van der Waals surface area contributed by atoms with Gasteiger partial charge in [-0.05, 0) is 47.0 Å². The van der Waals surface area contributed by atoms with Crippen molar-refractivity contribution in [3.63, 3.8) is 0 Å². The summed E-state index contributed by atoms with van der Waals surface area (Å²) in [6, 6.07) is -1.00. The van der Waals surface area contributed by atoms with Gasteiger partial charge in [0.05, 0.1) is 56.4 Å². The number of nitrogens with two attached hydrogens (primary N) is 1. The molecule has 15 nitrogen and oxygen atoms in total. The van der Waals surface area contributed by atoms with Gasteiger partial charge in [-0.2, -0.15) is 4.98 Å². The summed E-state index contributed by atoms with van der Waals surface area (Å²) in [4.78, 5) is 47.5. The van der Waals surface area contributed by atoms with E-state index in [-0.39, 0.29) is 60.3 Å². The second-order valence-corrected chi connectivity index (χ2v) is 14.0. The zero-order valence-electron chi connectivity index (χ0n) is 24.7. The van der Waals surface area contributed by atoms with Gasteiger partial charge in [-0.15, -0.1) is 0 Å². The van der Waals surface area contributed by atoms with Crippen molar-refractivity contribution in [1.29, 1.82) is 0 Å². The van der Waals surface area contributed by atoms with Gasteiger partial charge < -0.3 is 24.9 Å². The maximum Gasteiger partial charge on any atom is 0.406 e. The Morgan fingerprint density at radius 3 is 2.74 bits per heavy atom. The Balaban J connectivity index is 1.63. The van der Waals surface area contributed by atoms with Crippen molar-refractivity contribution in [3.05, 3.63) is 16.7 Å². The van der Waals surface area contributed by atoms with Gasteiger partial charge in [-0.3, -0.25) is 28.4 Å². The molecule has 1 aliphatic heterocycles. The smallest absolute Gasteiger partial charge is 0.406 e. The largest absolute Gasteiger partial charge is 0.462 e. The zero-order valence-corrected chi connectivity index (χ0v) is 26.4. The lowest BCUT2D eigenvalue weighted by Gasteiger charge is -2.24. The van der Waals surface area contributed by atoms with E-state index in [0.717, 1.165) is 11.8 Å². The van der Waals surface area contributed by atoms with Gasteiger partial charge >= 0.3 is 13.7 Å². The first-order chi connectivity index (χ1) is 19.6. The highest BCUT2D eigenvalue weighted by molar-refractivity contribution is 8.13. The van der Waals surface area contributed by atoms with E-state index in [9.17, 15) is 24.1 Å². The average Bonchev–Trinajstić information content (AvgIpc) is 3.47. The third-order valence-corrected chi connectivity index (χ3v) is 9.42. The standard InChI is InChI=1S/C25H41N6O9PS/c1-14(2)39-22(34)16(4)30-41(36,37-7-8-42-23(35)25(5,6)12-32)38-11-17-9-15(3)18(40-17)10-31-13-27-19-20(31)28-24(26)29-21(19)33/h13-18,32H,7-12H2,1-6H3,(H,30,36)(H3,26,28,29,33)/t15-,16?,17-,18-,41?/m0/s1. The van der Waals surface area contributed by atoms with E-state index in [1.807, 2.05) is 6.92 Å². The molecule has 17 heteroatoms. The lowest BCUT2D eigenvalue weighted by Crippen LogP contribution is -2.36. The number of fused-ring (bicyclic) bond motifs is 1. The van der Waals surface area contributed by atoms with E-state index in [2.05, 4.69) is 20.0 Å². The molecule has 0 aliphatic carbocycles. The number of aromatic amines is 1. The molecule has 42 heavy (non-hydrogen) atoms. The van der Waals surface area contributed by atoms with Crippen molar-refractivity contribution in [2.24, 2.45) is 11.3 Å². The third kappa shape index (κ3) is 9.09. The lowest BCUT2D eigenvalue weighted by molar-refractivity contribution is -0.149. The Kier molecular flexibility index (Phi) is 11.7. The third-order valence-electron chi connectivity index (χ3n) is 6.52. The van der Waals surface area contributed by atoms with Crippen LogP contribution < -0.4 is 16.4 Å². The van der Waals surface area contributed by atoms with Crippen LogP contribution in [-0.4, -0.2) is 85.6 Å². The fraction of sp³-hybridized carbons (Fsp3) is 0.720. The fourth-order valence-corrected chi connectivity index (χ4v) is 6.53. The number of imidazole rings is 1. The summed E-state index contributed by atoms with van der Waals surface area (Å²) < 4.78 is 38.1. The molecule has 5 atom stereocenters. The summed E-state index contributed by atoms with van der Waals surface area (Å²) in [5, 5.41) is 11.8. The van der Waals surface area contributed by atoms with Crippen LogP contribution in [0.5, 0.6) is 0 Å². The van der Waals surface area contributed by atoms with Crippen LogP contribution in [0, 0.1) is 11.3 Å². The highest BCUT2D eigenvalue weighted by Crippen LogP contribution is 2.45. The summed E-state index contributed by atoms with van der Waals surface area (Å²) in [5.74, 6) is -0.420. The number of hydrogen-bond acceptors (Lipinski definition) is 13. The monoisotopic (exact) mass is 632 g/mol. The molecule has 0 aromatic carbocycles. The summed E-state index contributed by atoms with van der Waals surface area (Å²) in [6.45, 7) is 9.94. The van der Waals surface area contributed by atoms with Gasteiger partial charge in [0.2, 0.25) is 5.95 Å². The first kappa shape index (κ1) is 34.2. The molecule has 0 amide bonds. The van der Waals surface area contributed by atoms with Gasteiger partial charge in [0, 0.05) is 5.75 Å². The molecule has 3 heterocycles. The number of esters is 1. The van der Waals surface area contributed by atoms with Crippen LogP contribution in [0.4, 0.5) is 5.95 Å². The number of aliphatic hydroxyl groups is 1. The van der Waals surface area contributed by atoms with Gasteiger partial charge in [0.15, 0.2) is 16.3 Å². The van der Waals surface area contributed by atoms with E-state index in [0.29, 0.717) is 18.6 Å². The van der Waals surface area contributed by atoms with E-state index in [1.54, 1.807) is 32.3 Å². The molecule has 1 saturated heterocycles. The summed E-state index contributed by atoms with van der Waals surface area (Å²) in [6.07, 6.45) is 0.977. The number of nitrogen functional groups attached to an aromatic ring is 1. The van der Waals surface area contributed by atoms with Crippen molar-refractivity contribution in [1.82, 2.24) is 24.6 Å². The van der Waals surface area contributed by atoms with Gasteiger partial charge in [-0.1, -0.05) is 18.7 Å². The molecule has 0 spiro atoms. The number of carbonyl (C=O) groups excluding carboxylic acids is 2. The SMILES string of the molecule is CC(C)OC(=O)C(C)NP(=O)(OCCSC(=O)C(C)(C)CO)OC[C@@H]1C[C@H](C)[C@H](Cn2cnc3c(=O)[nH]c(N)nc32)O1. The minimum atomic E-state index is -4.05. The number of anilines is 1. The molecule has 0 saturated carbocycles. The molecule has 2 aromatic rings. The van der Waals surface area contributed by atoms with Crippen LogP contribution in [0.3, 0.4) is 0 Å². The number of ether oxygens (including phenoxy) is 2. The first-order valence-corrected chi connectivity index (χ1v) is 16.2. The van der Waals surface area contributed by atoms with Gasteiger partial charge in [-0.25, -0.2) is 14.6 Å². The second-order valence-electron chi connectivity index (χ2n) is 11.2. The van der Waals surface area contributed by atoms with Crippen molar-refractivity contribution in [2.45, 2.75) is 78.9 Å². The van der Waals surface area contributed by atoms with Crippen LogP contribution in [0.2, 0.25) is 0 Å². The molecule has 236 valence electrons. The van der Waals surface area contributed by atoms with Crippen molar-refractivity contribution in [3.8, 4) is 0 Å². The quantitative estimate of drug-likeness (QED) is 0.125. The Morgan fingerprint density at radius 1 is 1.36 bits per heavy atom. The first-order valence-electron chi connectivity index (χ1n) is 13.7. The van der Waals surface area contributed by atoms with E-state index in [4.69, 9.17) is 24.3 Å². The predicted molar refractivity (Wildman–Crippen MR) is 157 cm³/mol. The fourth-order valence-electron chi connectivity index (χ4n) is 4.10. The van der Waals surface area contributed by atoms with Crippen LogP contribution in [0.25, 0.3) is 11.2 Å². The Morgan fingerprint density at radius 2 is 2.07 bits per heavy atom. The molecule has 1 aliphatic rings. The minimum absolute atomic E-state index is 0.0180. The van der Waals surface area contributed by atoms with E-state index < -0.39 is 36.8 Å². The molecule has 3 rings (SSSR count). The summed E-state index contributed by atoms with van der Waals surface area (Å²) in [5.41, 5.74) is 4.85. The number of hydrogen-bond donors (Lipinski definition) is 4. The van der Waals surface area contributed by atoms with Crippen LogP contribution in [0.15, 0.2) is 11.1 Å². The van der Waals surface area contributed by atoms with Crippen molar-refractivity contribution >= 4 is 47.7 Å². The highest BCUT2D eigenvalue weighted by atomic mass is 32.2. The molecule has 0 bridgehead atoms. The maximum atomic E-state index is 13.7. The molecule has 2 aromatic heterocycles. The molecule has 2 unspecified atom stereocenters. The maximum absolute atomic E-state index is 13.7. The Bertz CT molecular complexity index is 1350. The number of nitrogens with zero attached hydrogens (tertiary/aromatic N) is 3. The van der Waals surface area contributed by atoms with Crippen molar-refractivity contribution in [2.75, 3.05) is 31.3 Å². The van der Waals surface area contributed by atoms with Crippen molar-refractivity contribution < 1.29 is 37.8 Å². The van der Waals surface area contributed by atoms with Gasteiger partial charge in [0.1, 0.15) is 6.04 Å². The Labute approximate surface area is 248 Å². The number of rotatable bonds is 15. The summed E-state index contributed by atoms with van der Waals surface area (Å²) >= 11 is 0.944. The lowest BCUT2D eigenvalue weighted by atomic mass is 9.97. The second kappa shape index (κ2) is 14.4. The van der Waals surface area contributed by atoms with Crippen LogP contribution in [0.1, 0.15) is 48.0 Å². The number of thioether (sulfide) groups is 1. The Hall–Kier alpha value is -2.33. The number of H-pyrrole nitrogens is 1. The average molecular weight is 633 g/mol. The van der Waals surface area contributed by atoms with Crippen LogP contribution >= 0.6 is 19.5 Å². The normalized spacial score (nSPS) is 21.5.